The lowest BCUT2D eigenvalue weighted by atomic mass is 9.98. The van der Waals surface area contributed by atoms with Gasteiger partial charge in [0.05, 0.1) is 19.8 Å². The van der Waals surface area contributed by atoms with Crippen LogP contribution in [0.1, 0.15) is 25.3 Å². The average molecular weight is 292 g/mol. The van der Waals surface area contributed by atoms with Crippen molar-refractivity contribution in [2.24, 2.45) is 0 Å². The first-order valence-electron chi connectivity index (χ1n) is 7.81. The number of piperidine rings is 1. The highest BCUT2D eigenvalue weighted by molar-refractivity contribution is 5.46. The van der Waals surface area contributed by atoms with Crippen LogP contribution in [0.2, 0.25) is 0 Å². The maximum atomic E-state index is 5.58. The Morgan fingerprint density at radius 2 is 2.19 bits per heavy atom. The highest BCUT2D eigenvalue weighted by atomic mass is 16.5. The molecule has 2 atom stereocenters. The number of ether oxygens (including phenoxy) is 2. The molecular formula is C17H28N2O2. The summed E-state index contributed by atoms with van der Waals surface area (Å²) in [6, 6.07) is 9.75. The Kier molecular flexibility index (Phi) is 6.49. The summed E-state index contributed by atoms with van der Waals surface area (Å²) < 4.78 is 10.6. The van der Waals surface area contributed by atoms with Crippen molar-refractivity contribution in [1.29, 1.82) is 0 Å². The molecule has 0 saturated carbocycles. The molecule has 0 amide bonds. The first-order valence-corrected chi connectivity index (χ1v) is 7.81. The van der Waals surface area contributed by atoms with Crippen LogP contribution in [-0.4, -0.2) is 50.9 Å². The molecule has 2 unspecified atom stereocenters. The molecular weight excluding hydrogens is 264 g/mol. The number of benzene rings is 1. The number of nitrogens with zero attached hydrogens (tertiary/aromatic N) is 1. The number of hydrogen-bond donors (Lipinski definition) is 1. The van der Waals surface area contributed by atoms with Crippen LogP contribution in [0.3, 0.4) is 0 Å². The fourth-order valence-electron chi connectivity index (χ4n) is 2.74. The van der Waals surface area contributed by atoms with Gasteiger partial charge in [0.2, 0.25) is 0 Å². The van der Waals surface area contributed by atoms with Crippen LogP contribution < -0.4 is 5.32 Å². The molecule has 0 aliphatic carbocycles. The summed E-state index contributed by atoms with van der Waals surface area (Å²) in [5.74, 6) is 0. The number of anilines is 1. The van der Waals surface area contributed by atoms with Gasteiger partial charge in [-0.1, -0.05) is 12.1 Å². The molecule has 1 heterocycles. The van der Waals surface area contributed by atoms with E-state index in [0.717, 1.165) is 0 Å². The van der Waals surface area contributed by atoms with Crippen molar-refractivity contribution in [3.05, 3.63) is 29.8 Å². The Labute approximate surface area is 128 Å². The van der Waals surface area contributed by atoms with E-state index in [2.05, 4.69) is 48.5 Å². The lowest BCUT2D eigenvalue weighted by molar-refractivity contribution is 0.0617. The molecule has 2 rings (SSSR count). The van der Waals surface area contributed by atoms with Crippen LogP contribution in [0.15, 0.2) is 24.3 Å². The molecule has 4 heteroatoms. The molecule has 4 nitrogen and oxygen atoms in total. The topological polar surface area (TPSA) is 33.7 Å². The molecule has 0 bridgehead atoms. The van der Waals surface area contributed by atoms with Crippen LogP contribution in [-0.2, 0) is 16.1 Å². The average Bonchev–Trinajstić information content (AvgIpc) is 2.48. The zero-order valence-corrected chi connectivity index (χ0v) is 13.5. The van der Waals surface area contributed by atoms with Gasteiger partial charge in [-0.2, -0.15) is 0 Å². The van der Waals surface area contributed by atoms with Crippen molar-refractivity contribution < 1.29 is 9.47 Å². The molecule has 1 N–H and O–H groups in total. The number of nitrogens with one attached hydrogen (secondary N) is 1. The van der Waals surface area contributed by atoms with E-state index in [-0.39, 0.29) is 0 Å². The normalized spacial score (nSPS) is 23.2. The lowest BCUT2D eigenvalue weighted by Crippen LogP contribution is -2.42. The van der Waals surface area contributed by atoms with Gasteiger partial charge >= 0.3 is 0 Å². The number of methoxy groups -OCH3 is 1. The van der Waals surface area contributed by atoms with Gasteiger partial charge in [0, 0.05) is 31.4 Å². The summed E-state index contributed by atoms with van der Waals surface area (Å²) in [5, 5.41) is 3.67. The van der Waals surface area contributed by atoms with Crippen molar-refractivity contribution in [1.82, 2.24) is 4.90 Å². The van der Waals surface area contributed by atoms with Crippen LogP contribution in [0.25, 0.3) is 0 Å². The van der Waals surface area contributed by atoms with Gasteiger partial charge in [0.25, 0.3) is 0 Å². The predicted molar refractivity (Wildman–Crippen MR) is 86.7 cm³/mol. The zero-order chi connectivity index (χ0) is 15.1. The molecule has 1 aromatic carbocycles. The lowest BCUT2D eigenvalue weighted by Gasteiger charge is -2.35. The van der Waals surface area contributed by atoms with Gasteiger partial charge in [0.1, 0.15) is 0 Å². The van der Waals surface area contributed by atoms with Crippen molar-refractivity contribution in [3.8, 4) is 0 Å². The highest BCUT2D eigenvalue weighted by Gasteiger charge is 2.22. The molecule has 0 radical (unpaired) electrons. The molecule has 1 aliphatic heterocycles. The Balaban J connectivity index is 1.83. The Morgan fingerprint density at radius 1 is 1.33 bits per heavy atom. The summed E-state index contributed by atoms with van der Waals surface area (Å²) in [6.07, 6.45) is 2.40. The second kappa shape index (κ2) is 8.37. The second-order valence-electron chi connectivity index (χ2n) is 5.94. The standard InChI is InChI=1S/C17H28N2O2/c1-14-11-17(7-8-19(14)2)18-16-6-4-5-15(12-16)13-21-10-9-20-3/h4-6,12,14,17-18H,7-11,13H2,1-3H3. The van der Waals surface area contributed by atoms with Crippen molar-refractivity contribution in [2.75, 3.05) is 39.2 Å². The van der Waals surface area contributed by atoms with Crippen LogP contribution in [0.4, 0.5) is 5.69 Å². The van der Waals surface area contributed by atoms with Crippen LogP contribution in [0.5, 0.6) is 0 Å². The van der Waals surface area contributed by atoms with E-state index in [4.69, 9.17) is 9.47 Å². The van der Waals surface area contributed by atoms with Crippen LogP contribution in [0, 0.1) is 0 Å². The van der Waals surface area contributed by atoms with Gasteiger partial charge in [-0.05, 0) is 44.5 Å². The van der Waals surface area contributed by atoms with Crippen molar-refractivity contribution in [3.63, 3.8) is 0 Å². The van der Waals surface area contributed by atoms with E-state index in [9.17, 15) is 0 Å². The number of hydrogen-bond acceptors (Lipinski definition) is 4. The quantitative estimate of drug-likeness (QED) is 0.784. The van der Waals surface area contributed by atoms with E-state index in [1.54, 1.807) is 7.11 Å². The van der Waals surface area contributed by atoms with E-state index in [1.807, 2.05) is 0 Å². The minimum absolute atomic E-state index is 0.570. The summed E-state index contributed by atoms with van der Waals surface area (Å²) >= 11 is 0. The molecule has 1 saturated heterocycles. The zero-order valence-electron chi connectivity index (χ0n) is 13.5. The monoisotopic (exact) mass is 292 g/mol. The van der Waals surface area contributed by atoms with E-state index in [0.29, 0.717) is 31.9 Å². The SMILES string of the molecule is COCCOCc1cccc(NC2CCN(C)C(C)C2)c1. The fraction of sp³-hybridized carbons (Fsp3) is 0.647. The van der Waals surface area contributed by atoms with E-state index in [1.165, 1.54) is 30.6 Å². The van der Waals surface area contributed by atoms with E-state index >= 15 is 0 Å². The third-order valence-electron chi connectivity index (χ3n) is 4.21. The first-order chi connectivity index (χ1) is 10.2. The third kappa shape index (κ3) is 5.30. The second-order valence-corrected chi connectivity index (χ2v) is 5.94. The molecule has 1 aliphatic rings. The minimum atomic E-state index is 0.570. The van der Waals surface area contributed by atoms with Gasteiger partial charge in [0.15, 0.2) is 0 Å². The van der Waals surface area contributed by atoms with Crippen molar-refractivity contribution in [2.45, 2.75) is 38.5 Å². The summed E-state index contributed by atoms with van der Waals surface area (Å²) in [5.41, 5.74) is 2.40. The Bertz CT molecular complexity index is 425. The molecule has 0 aromatic heterocycles. The van der Waals surface area contributed by atoms with Gasteiger partial charge in [-0.15, -0.1) is 0 Å². The smallest absolute Gasteiger partial charge is 0.0718 e. The summed E-state index contributed by atoms with van der Waals surface area (Å²) in [6.45, 7) is 5.39. The Morgan fingerprint density at radius 3 is 2.95 bits per heavy atom. The summed E-state index contributed by atoms with van der Waals surface area (Å²) in [7, 11) is 3.90. The van der Waals surface area contributed by atoms with Gasteiger partial charge in [-0.3, -0.25) is 0 Å². The number of rotatable bonds is 7. The molecule has 0 spiro atoms. The minimum Gasteiger partial charge on any atom is -0.382 e. The van der Waals surface area contributed by atoms with Crippen molar-refractivity contribution >= 4 is 5.69 Å². The fourth-order valence-corrected chi connectivity index (χ4v) is 2.74. The molecule has 118 valence electrons. The third-order valence-corrected chi connectivity index (χ3v) is 4.21. The Hall–Kier alpha value is -1.10. The predicted octanol–water partition coefficient (Wildman–Crippen LogP) is 2.74. The maximum Gasteiger partial charge on any atom is 0.0718 e. The van der Waals surface area contributed by atoms with Gasteiger partial charge < -0.3 is 19.7 Å². The largest absolute Gasteiger partial charge is 0.382 e. The maximum absolute atomic E-state index is 5.58. The highest BCUT2D eigenvalue weighted by Crippen LogP contribution is 2.20. The number of likely N-dealkylation sites (tertiary alicyclic amines) is 1. The van der Waals surface area contributed by atoms with Crippen LogP contribution >= 0.6 is 0 Å². The van der Waals surface area contributed by atoms with Gasteiger partial charge in [-0.25, -0.2) is 0 Å². The van der Waals surface area contributed by atoms with E-state index < -0.39 is 0 Å². The molecule has 21 heavy (non-hydrogen) atoms. The summed E-state index contributed by atoms with van der Waals surface area (Å²) in [4.78, 5) is 2.43. The molecule has 1 fully saturated rings. The first kappa shape index (κ1) is 16.3. The molecule has 1 aromatic rings.